The molecule has 8 atom stereocenters. The number of nitrogens with one attached hydrogen (secondary N) is 2. The van der Waals surface area contributed by atoms with Gasteiger partial charge in [0.05, 0.1) is 30.6 Å². The predicted octanol–water partition coefficient (Wildman–Crippen LogP) is -2.08. The van der Waals surface area contributed by atoms with E-state index in [1.807, 2.05) is 6.92 Å². The quantitative estimate of drug-likeness (QED) is 0.260. The van der Waals surface area contributed by atoms with Crippen molar-refractivity contribution in [1.82, 2.24) is 40.6 Å². The zero-order valence-electron chi connectivity index (χ0n) is 20.9. The molecule has 5 rings (SSSR count). The van der Waals surface area contributed by atoms with E-state index >= 15 is 0 Å². The van der Waals surface area contributed by atoms with Gasteiger partial charge in [-0.25, -0.2) is 13.9 Å². The number of hydrogen-bond acceptors (Lipinski definition) is 10. The Morgan fingerprint density at radius 2 is 2.13 bits per heavy atom. The number of rotatable bonds is 8. The molecular formula is C22H30FN9O5S. The summed E-state index contributed by atoms with van der Waals surface area (Å²) < 4.78 is 15.1. The lowest BCUT2D eigenvalue weighted by Crippen LogP contribution is -2.66. The molecular weight excluding hydrogens is 521 g/mol. The molecule has 4 aliphatic heterocycles. The molecule has 0 radical (unpaired) electrons. The molecule has 0 spiro atoms. The zero-order chi connectivity index (χ0) is 27.3. The van der Waals surface area contributed by atoms with E-state index in [0.29, 0.717) is 17.9 Å². The third kappa shape index (κ3) is 4.64. The predicted molar refractivity (Wildman–Crippen MR) is 131 cm³/mol. The van der Waals surface area contributed by atoms with Crippen LogP contribution in [0.15, 0.2) is 16.9 Å². The summed E-state index contributed by atoms with van der Waals surface area (Å²) in [5, 5.41) is 26.5. The molecule has 5 N–H and O–H groups in total. The molecule has 14 nitrogen and oxygen atoms in total. The van der Waals surface area contributed by atoms with Crippen molar-refractivity contribution in [3.05, 3.63) is 16.9 Å². The van der Waals surface area contributed by atoms with Gasteiger partial charge in [-0.3, -0.25) is 14.4 Å². The fraction of sp³-hybridized carbons (Fsp3) is 0.682. The fourth-order valence-electron chi connectivity index (χ4n) is 5.84. The summed E-state index contributed by atoms with van der Waals surface area (Å²) in [7, 11) is 0. The van der Waals surface area contributed by atoms with Crippen LogP contribution in [0.4, 0.5) is 4.39 Å². The third-order valence-corrected chi connectivity index (χ3v) is 9.21. The molecule has 3 saturated heterocycles. The van der Waals surface area contributed by atoms with Gasteiger partial charge in [0.1, 0.15) is 24.7 Å². The number of nitrogens with zero attached hydrogens (tertiary/aromatic N) is 6. The molecule has 5 heterocycles. The van der Waals surface area contributed by atoms with Crippen molar-refractivity contribution in [2.24, 2.45) is 17.6 Å². The van der Waals surface area contributed by atoms with Crippen molar-refractivity contribution in [3.8, 4) is 0 Å². The highest BCUT2D eigenvalue weighted by Crippen LogP contribution is 2.51. The van der Waals surface area contributed by atoms with Crippen molar-refractivity contribution in [1.29, 1.82) is 0 Å². The number of amides is 3. The van der Waals surface area contributed by atoms with E-state index in [1.54, 1.807) is 6.92 Å². The number of aromatic nitrogens is 4. The van der Waals surface area contributed by atoms with Gasteiger partial charge in [-0.05, 0) is 23.8 Å². The Labute approximate surface area is 221 Å². The maximum absolute atomic E-state index is 13.8. The third-order valence-electron chi connectivity index (χ3n) is 7.70. The van der Waals surface area contributed by atoms with Gasteiger partial charge in [0.15, 0.2) is 0 Å². The standard InChI is InChI=1S/C22H30FN9O5S/c1-9-17-16(10(2)27-15(33)7-31-8-26-28-29-31)21(35)32(17)18(22(36)37)19(9)38-11-3-14(25-4-11)20(34)30-5-12(23)13(24)6-30/h8-14,16-17,25H,3-7,24H2,1-2H3,(H,27,33)(H,36,37)/t9-,10-,11+,12+,13-,14+,16-,17-/m1/s1. The van der Waals surface area contributed by atoms with Crippen LogP contribution in [0.3, 0.4) is 0 Å². The first kappa shape index (κ1) is 26.5. The largest absolute Gasteiger partial charge is 0.477 e. The van der Waals surface area contributed by atoms with Gasteiger partial charge in [0, 0.05) is 35.2 Å². The van der Waals surface area contributed by atoms with Crippen LogP contribution in [0.5, 0.6) is 0 Å². The summed E-state index contributed by atoms with van der Waals surface area (Å²) in [4.78, 5) is 53.9. The molecule has 0 bridgehead atoms. The lowest BCUT2D eigenvalue weighted by atomic mass is 9.78. The number of fused-ring (bicyclic) bond motifs is 1. The summed E-state index contributed by atoms with van der Waals surface area (Å²) in [5.74, 6) is -2.98. The van der Waals surface area contributed by atoms with Crippen LogP contribution in [0, 0.1) is 11.8 Å². The number of likely N-dealkylation sites (tertiary alicyclic amines) is 1. The van der Waals surface area contributed by atoms with Gasteiger partial charge < -0.3 is 31.3 Å². The lowest BCUT2D eigenvalue weighted by molar-refractivity contribution is -0.158. The number of nitrogens with two attached hydrogens (primary N) is 1. The van der Waals surface area contributed by atoms with Gasteiger partial charge in [-0.15, -0.1) is 16.9 Å². The number of thioether (sulfide) groups is 1. The van der Waals surface area contributed by atoms with E-state index in [0.717, 1.165) is 0 Å². The first-order valence-corrected chi connectivity index (χ1v) is 13.3. The first-order chi connectivity index (χ1) is 18.1. The second-order valence-electron chi connectivity index (χ2n) is 10.3. The Morgan fingerprint density at radius 1 is 1.37 bits per heavy atom. The number of carboxylic acids is 1. The summed E-state index contributed by atoms with van der Waals surface area (Å²) >= 11 is 1.36. The Bertz CT molecular complexity index is 1160. The molecule has 1 aromatic heterocycles. The van der Waals surface area contributed by atoms with Crippen LogP contribution in [-0.2, 0) is 25.7 Å². The Balaban J connectivity index is 1.23. The van der Waals surface area contributed by atoms with Crippen LogP contribution >= 0.6 is 11.8 Å². The average molecular weight is 552 g/mol. The van der Waals surface area contributed by atoms with Gasteiger partial charge in [0.2, 0.25) is 17.7 Å². The van der Waals surface area contributed by atoms with Crippen LogP contribution in [-0.4, -0.2) is 114 Å². The molecule has 206 valence electrons. The maximum Gasteiger partial charge on any atom is 0.353 e. The highest BCUT2D eigenvalue weighted by atomic mass is 32.2. The summed E-state index contributed by atoms with van der Waals surface area (Å²) in [6.07, 6.45) is 0.510. The monoisotopic (exact) mass is 551 g/mol. The molecule has 3 amide bonds. The average Bonchev–Trinajstić information content (AvgIpc) is 3.63. The SMILES string of the molecule is C[C@@H](NC(=O)Cn1cnnn1)[C@H]1C(=O)N2C(C(=O)O)=C(S[C@@H]3CN[C@H](C(=O)N4C[C@@H](N)[C@@H](F)C4)C3)[C@H](C)[C@H]12. The van der Waals surface area contributed by atoms with Gasteiger partial charge in [-0.1, -0.05) is 6.92 Å². The molecule has 0 unspecified atom stereocenters. The van der Waals surface area contributed by atoms with Crippen molar-refractivity contribution >= 4 is 35.5 Å². The minimum atomic E-state index is -1.24. The minimum Gasteiger partial charge on any atom is -0.477 e. The van der Waals surface area contributed by atoms with E-state index in [2.05, 4.69) is 26.2 Å². The molecule has 16 heteroatoms. The molecule has 3 fully saturated rings. The van der Waals surface area contributed by atoms with Crippen LogP contribution < -0.4 is 16.4 Å². The van der Waals surface area contributed by atoms with E-state index < -0.39 is 42.2 Å². The topological polar surface area (TPSA) is 189 Å². The number of halogens is 1. The summed E-state index contributed by atoms with van der Waals surface area (Å²) in [6.45, 7) is 4.11. The number of hydrogen-bond donors (Lipinski definition) is 4. The highest BCUT2D eigenvalue weighted by Gasteiger charge is 2.60. The molecule has 0 aromatic carbocycles. The van der Waals surface area contributed by atoms with Crippen molar-refractivity contribution in [2.75, 3.05) is 19.6 Å². The Hall–Kier alpha value is -3.11. The number of carbonyl (C=O) groups excluding carboxylic acids is 3. The molecule has 0 saturated carbocycles. The van der Waals surface area contributed by atoms with Gasteiger partial charge in [-0.2, -0.15) is 0 Å². The maximum atomic E-state index is 13.8. The number of alkyl halides is 1. The van der Waals surface area contributed by atoms with Crippen molar-refractivity contribution in [2.45, 2.75) is 62.4 Å². The lowest BCUT2D eigenvalue weighted by Gasteiger charge is -2.47. The minimum absolute atomic E-state index is 0.0219. The second kappa shape index (κ2) is 10.2. The molecule has 1 aromatic rings. The normalized spacial score (nSPS) is 33.4. The first-order valence-electron chi connectivity index (χ1n) is 12.5. The molecule has 0 aliphatic carbocycles. The van der Waals surface area contributed by atoms with E-state index in [-0.39, 0.29) is 54.2 Å². The van der Waals surface area contributed by atoms with Gasteiger partial charge >= 0.3 is 5.97 Å². The Morgan fingerprint density at radius 3 is 2.76 bits per heavy atom. The van der Waals surface area contributed by atoms with Crippen molar-refractivity contribution < 1.29 is 28.7 Å². The Kier molecular flexibility index (Phi) is 7.13. The summed E-state index contributed by atoms with van der Waals surface area (Å²) in [6, 6.07) is -2.12. The number of tetrazole rings is 1. The van der Waals surface area contributed by atoms with Gasteiger partial charge in [0.25, 0.3) is 0 Å². The number of aliphatic carboxylic acids is 1. The molecule has 4 aliphatic rings. The van der Waals surface area contributed by atoms with E-state index in [1.165, 1.54) is 32.6 Å². The van der Waals surface area contributed by atoms with E-state index in [4.69, 9.17) is 5.73 Å². The zero-order valence-corrected chi connectivity index (χ0v) is 21.7. The smallest absolute Gasteiger partial charge is 0.353 e. The van der Waals surface area contributed by atoms with Crippen LogP contribution in [0.25, 0.3) is 0 Å². The second-order valence-corrected chi connectivity index (χ2v) is 11.6. The van der Waals surface area contributed by atoms with Crippen LogP contribution in [0.2, 0.25) is 0 Å². The number of carbonyl (C=O) groups is 4. The summed E-state index contributed by atoms with van der Waals surface area (Å²) in [5.41, 5.74) is 5.67. The highest BCUT2D eigenvalue weighted by molar-refractivity contribution is 8.03. The van der Waals surface area contributed by atoms with Crippen molar-refractivity contribution in [3.63, 3.8) is 0 Å². The number of carboxylic acid groups (broad SMARTS) is 1. The van der Waals surface area contributed by atoms with E-state index in [9.17, 15) is 28.7 Å². The number of β-lactam (4-membered cyclic amide) rings is 1. The fourth-order valence-corrected chi connectivity index (χ4v) is 7.31. The molecule has 38 heavy (non-hydrogen) atoms. The van der Waals surface area contributed by atoms with Crippen LogP contribution in [0.1, 0.15) is 20.3 Å².